The van der Waals surface area contributed by atoms with Crippen molar-refractivity contribution in [3.8, 4) is 6.07 Å². The number of hydrogen-bond acceptors (Lipinski definition) is 3. The number of hydrazine groups is 1. The van der Waals surface area contributed by atoms with E-state index in [1.807, 2.05) is 6.07 Å². The van der Waals surface area contributed by atoms with Crippen LogP contribution < -0.4 is 16.2 Å². The maximum absolute atomic E-state index is 11.9. The average Bonchev–Trinajstić information content (AvgIpc) is 2.52. The van der Waals surface area contributed by atoms with E-state index in [-0.39, 0.29) is 11.0 Å². The van der Waals surface area contributed by atoms with Crippen LogP contribution in [0.4, 0.5) is 5.69 Å². The monoisotopic (exact) mass is 330 g/mol. The summed E-state index contributed by atoms with van der Waals surface area (Å²) in [5.74, 6) is -0.361. The number of thiocarbonyl (C=S) groups is 1. The summed E-state index contributed by atoms with van der Waals surface area (Å²) in [6.45, 7) is 0. The molecule has 22 heavy (non-hydrogen) atoms. The van der Waals surface area contributed by atoms with Gasteiger partial charge in [-0.05, 0) is 54.7 Å². The van der Waals surface area contributed by atoms with Crippen molar-refractivity contribution in [1.82, 2.24) is 10.9 Å². The Kier molecular flexibility index (Phi) is 5.31. The smallest absolute Gasteiger partial charge is 0.269 e. The lowest BCUT2D eigenvalue weighted by atomic mass is 10.1. The van der Waals surface area contributed by atoms with Gasteiger partial charge in [0.2, 0.25) is 0 Å². The lowest BCUT2D eigenvalue weighted by molar-refractivity contribution is 0.0944. The van der Waals surface area contributed by atoms with E-state index in [0.717, 1.165) is 0 Å². The Hall–Kier alpha value is -2.62. The van der Waals surface area contributed by atoms with Gasteiger partial charge in [-0.25, -0.2) is 0 Å². The van der Waals surface area contributed by atoms with E-state index in [0.29, 0.717) is 21.8 Å². The molecular weight excluding hydrogens is 320 g/mol. The summed E-state index contributed by atoms with van der Waals surface area (Å²) in [7, 11) is 0. The first kappa shape index (κ1) is 15.8. The quantitative estimate of drug-likeness (QED) is 0.583. The zero-order chi connectivity index (χ0) is 15.9. The van der Waals surface area contributed by atoms with Gasteiger partial charge in [-0.3, -0.25) is 15.6 Å². The number of hydrogen-bond donors (Lipinski definition) is 3. The Morgan fingerprint density at radius 1 is 1.14 bits per heavy atom. The van der Waals surface area contributed by atoms with Crippen LogP contribution >= 0.6 is 23.8 Å². The predicted octanol–water partition coefficient (Wildman–Crippen LogP) is 2.84. The van der Waals surface area contributed by atoms with Crippen molar-refractivity contribution in [3.05, 3.63) is 64.7 Å². The zero-order valence-corrected chi connectivity index (χ0v) is 12.8. The summed E-state index contributed by atoms with van der Waals surface area (Å²) >= 11 is 10.9. The Labute approximate surface area is 137 Å². The second-order valence-corrected chi connectivity index (χ2v) is 5.08. The number of anilines is 1. The van der Waals surface area contributed by atoms with Crippen LogP contribution in [0.15, 0.2) is 48.5 Å². The first-order chi connectivity index (χ1) is 10.6. The minimum atomic E-state index is -0.361. The first-order valence-electron chi connectivity index (χ1n) is 6.21. The van der Waals surface area contributed by atoms with E-state index in [1.54, 1.807) is 48.5 Å². The summed E-state index contributed by atoms with van der Waals surface area (Å²) < 4.78 is 0. The maximum Gasteiger partial charge on any atom is 0.269 e. The van der Waals surface area contributed by atoms with Crippen molar-refractivity contribution in [2.24, 2.45) is 0 Å². The maximum atomic E-state index is 11.9. The minimum absolute atomic E-state index is 0.226. The van der Waals surface area contributed by atoms with Crippen LogP contribution in [-0.4, -0.2) is 11.0 Å². The lowest BCUT2D eigenvalue weighted by Crippen LogP contribution is -2.43. The minimum Gasteiger partial charge on any atom is -0.331 e. The number of nitrogens with zero attached hydrogens (tertiary/aromatic N) is 1. The first-order valence-corrected chi connectivity index (χ1v) is 7.00. The molecule has 0 aliphatic rings. The van der Waals surface area contributed by atoms with Gasteiger partial charge >= 0.3 is 0 Å². The second kappa shape index (κ2) is 7.41. The van der Waals surface area contributed by atoms with E-state index >= 15 is 0 Å². The Morgan fingerprint density at radius 2 is 1.86 bits per heavy atom. The molecule has 0 saturated heterocycles. The van der Waals surface area contributed by atoms with Gasteiger partial charge in [0, 0.05) is 16.3 Å². The molecule has 0 saturated carbocycles. The summed E-state index contributed by atoms with van der Waals surface area (Å²) in [6, 6.07) is 15.3. The fourth-order valence-electron chi connectivity index (χ4n) is 1.61. The van der Waals surface area contributed by atoms with Crippen molar-refractivity contribution < 1.29 is 4.79 Å². The number of nitrogens with one attached hydrogen (secondary N) is 3. The fourth-order valence-corrected chi connectivity index (χ4v) is 1.97. The standard InChI is InChI=1S/C15H11ClN4OS/c16-12-2-1-3-13(8-12)18-15(22)20-19-14(21)11-6-4-10(9-17)5-7-11/h1-8H,(H,19,21)(H2,18,20,22). The van der Waals surface area contributed by atoms with E-state index in [2.05, 4.69) is 16.2 Å². The van der Waals surface area contributed by atoms with Gasteiger partial charge in [0.25, 0.3) is 5.91 Å². The third-order valence-electron chi connectivity index (χ3n) is 2.65. The highest BCUT2D eigenvalue weighted by molar-refractivity contribution is 7.80. The molecule has 5 nitrogen and oxygen atoms in total. The van der Waals surface area contributed by atoms with E-state index in [9.17, 15) is 4.79 Å². The molecule has 110 valence electrons. The molecule has 0 heterocycles. The fraction of sp³-hybridized carbons (Fsp3) is 0. The van der Waals surface area contributed by atoms with Crippen LogP contribution in [0.2, 0.25) is 5.02 Å². The topological polar surface area (TPSA) is 77.0 Å². The number of halogens is 1. The van der Waals surface area contributed by atoms with Crippen molar-refractivity contribution in [1.29, 1.82) is 5.26 Å². The third-order valence-corrected chi connectivity index (χ3v) is 3.09. The van der Waals surface area contributed by atoms with Gasteiger partial charge in [0.15, 0.2) is 5.11 Å². The van der Waals surface area contributed by atoms with Gasteiger partial charge in [-0.2, -0.15) is 5.26 Å². The van der Waals surface area contributed by atoms with Crippen LogP contribution in [0.5, 0.6) is 0 Å². The van der Waals surface area contributed by atoms with Crippen LogP contribution in [0.3, 0.4) is 0 Å². The van der Waals surface area contributed by atoms with Crippen LogP contribution in [0.1, 0.15) is 15.9 Å². The second-order valence-electron chi connectivity index (χ2n) is 4.23. The summed E-state index contributed by atoms with van der Waals surface area (Å²) in [6.07, 6.45) is 0. The summed E-state index contributed by atoms with van der Waals surface area (Å²) in [5, 5.41) is 12.4. The molecule has 0 fully saturated rings. The molecule has 7 heteroatoms. The lowest BCUT2D eigenvalue weighted by Gasteiger charge is -2.11. The number of amides is 1. The largest absolute Gasteiger partial charge is 0.331 e. The van der Waals surface area contributed by atoms with Crippen molar-refractivity contribution >= 4 is 40.5 Å². The number of carbonyl (C=O) groups is 1. The van der Waals surface area contributed by atoms with E-state index < -0.39 is 0 Å². The molecule has 2 aromatic rings. The molecule has 0 aliphatic carbocycles. The molecule has 0 spiro atoms. The average molecular weight is 331 g/mol. The van der Waals surface area contributed by atoms with Crippen LogP contribution in [0.25, 0.3) is 0 Å². The molecule has 0 radical (unpaired) electrons. The molecule has 0 atom stereocenters. The highest BCUT2D eigenvalue weighted by Gasteiger charge is 2.06. The molecule has 0 aromatic heterocycles. The van der Waals surface area contributed by atoms with Gasteiger partial charge in [0.1, 0.15) is 0 Å². The van der Waals surface area contributed by atoms with Gasteiger partial charge in [-0.1, -0.05) is 17.7 Å². The molecule has 0 aliphatic heterocycles. The predicted molar refractivity (Wildman–Crippen MR) is 89.4 cm³/mol. The number of nitriles is 1. The van der Waals surface area contributed by atoms with Crippen molar-refractivity contribution in [3.63, 3.8) is 0 Å². The summed E-state index contributed by atoms with van der Waals surface area (Å²) in [4.78, 5) is 11.9. The van der Waals surface area contributed by atoms with Crippen molar-refractivity contribution in [2.75, 3.05) is 5.32 Å². The Morgan fingerprint density at radius 3 is 2.50 bits per heavy atom. The van der Waals surface area contributed by atoms with Gasteiger partial charge in [0.05, 0.1) is 11.6 Å². The molecule has 0 bridgehead atoms. The van der Waals surface area contributed by atoms with Crippen LogP contribution in [0, 0.1) is 11.3 Å². The van der Waals surface area contributed by atoms with E-state index in [1.165, 1.54) is 0 Å². The zero-order valence-electron chi connectivity index (χ0n) is 11.3. The number of rotatable bonds is 2. The molecule has 0 unspecified atom stereocenters. The SMILES string of the molecule is N#Cc1ccc(C(=O)NNC(=S)Nc2cccc(Cl)c2)cc1. The molecule has 2 rings (SSSR count). The number of benzene rings is 2. The van der Waals surface area contributed by atoms with E-state index in [4.69, 9.17) is 29.1 Å². The highest BCUT2D eigenvalue weighted by Crippen LogP contribution is 2.14. The normalized spacial score (nSPS) is 9.45. The Balaban J connectivity index is 1.87. The number of carbonyl (C=O) groups excluding carboxylic acids is 1. The van der Waals surface area contributed by atoms with Gasteiger partial charge in [-0.15, -0.1) is 0 Å². The molecule has 1 amide bonds. The molecular formula is C15H11ClN4OS. The molecule has 2 aromatic carbocycles. The van der Waals surface area contributed by atoms with Crippen molar-refractivity contribution in [2.45, 2.75) is 0 Å². The van der Waals surface area contributed by atoms with Gasteiger partial charge < -0.3 is 5.32 Å². The Bertz CT molecular complexity index is 740. The molecule has 3 N–H and O–H groups in total. The van der Waals surface area contributed by atoms with Crippen LogP contribution in [-0.2, 0) is 0 Å². The third kappa shape index (κ3) is 4.45. The highest BCUT2D eigenvalue weighted by atomic mass is 35.5. The summed E-state index contributed by atoms with van der Waals surface area (Å²) in [5.41, 5.74) is 6.66.